The average molecular weight is 449 g/mol. The number of aliphatic carboxylic acids is 1. The first-order valence-corrected chi connectivity index (χ1v) is 10.8. The van der Waals surface area contributed by atoms with Crippen LogP contribution in [0.4, 0.5) is 0 Å². The highest BCUT2D eigenvalue weighted by atomic mass is 35.5. The Morgan fingerprint density at radius 2 is 1.90 bits per heavy atom. The van der Waals surface area contributed by atoms with Gasteiger partial charge in [-0.25, -0.2) is 4.98 Å². The van der Waals surface area contributed by atoms with Gasteiger partial charge in [-0.15, -0.1) is 11.3 Å². The van der Waals surface area contributed by atoms with Gasteiger partial charge in [0, 0.05) is 29.4 Å². The van der Waals surface area contributed by atoms with E-state index in [0.29, 0.717) is 5.02 Å². The van der Waals surface area contributed by atoms with Crippen LogP contribution in [0.5, 0.6) is 0 Å². The molecule has 0 aliphatic heterocycles. The summed E-state index contributed by atoms with van der Waals surface area (Å²) in [7, 11) is 1.88. The first-order chi connectivity index (χ1) is 14.9. The van der Waals surface area contributed by atoms with Crippen molar-refractivity contribution in [3.63, 3.8) is 0 Å². The van der Waals surface area contributed by atoms with Gasteiger partial charge in [-0.3, -0.25) is 14.5 Å². The quantitative estimate of drug-likeness (QED) is 0.392. The van der Waals surface area contributed by atoms with Gasteiger partial charge in [0.1, 0.15) is 10.5 Å². The van der Waals surface area contributed by atoms with E-state index >= 15 is 0 Å². The molecule has 5 aromatic rings. The van der Waals surface area contributed by atoms with E-state index < -0.39 is 5.97 Å². The third-order valence-corrected chi connectivity index (χ3v) is 6.71. The fraction of sp³-hybridized carbons (Fsp3) is 0.130. The Morgan fingerprint density at radius 1 is 1.13 bits per heavy atom. The monoisotopic (exact) mass is 448 g/mol. The molecule has 6 nitrogen and oxygen atoms in total. The van der Waals surface area contributed by atoms with Crippen molar-refractivity contribution in [2.45, 2.75) is 13.3 Å². The van der Waals surface area contributed by atoms with Gasteiger partial charge in [-0.1, -0.05) is 23.7 Å². The number of carboxylic acid groups (broad SMARTS) is 1. The van der Waals surface area contributed by atoms with Crippen LogP contribution in [0.25, 0.3) is 42.9 Å². The number of fused-ring (bicyclic) bond motifs is 2. The average Bonchev–Trinajstić information content (AvgIpc) is 3.32. The SMILES string of the molecule is Cc1cc2nc(-c3cnc4cnn(C)c4c3)sc2c(-c2ccc(Cl)cc2)c1CC(=O)O. The smallest absolute Gasteiger partial charge is 0.307 e. The molecule has 5 rings (SSSR count). The lowest BCUT2D eigenvalue weighted by Gasteiger charge is -2.13. The molecule has 0 saturated heterocycles. The molecule has 0 fully saturated rings. The first kappa shape index (κ1) is 19.7. The van der Waals surface area contributed by atoms with Gasteiger partial charge < -0.3 is 5.11 Å². The third kappa shape index (κ3) is 3.45. The van der Waals surface area contributed by atoms with Gasteiger partial charge in [0.15, 0.2) is 0 Å². The first-order valence-electron chi connectivity index (χ1n) is 9.59. The number of aromatic nitrogens is 4. The number of hydrogen-bond acceptors (Lipinski definition) is 5. The molecule has 0 aliphatic rings. The van der Waals surface area contributed by atoms with E-state index in [0.717, 1.165) is 54.1 Å². The number of nitrogens with zero attached hydrogens (tertiary/aromatic N) is 4. The van der Waals surface area contributed by atoms with Gasteiger partial charge >= 0.3 is 5.97 Å². The Labute approximate surface area is 186 Å². The molecule has 154 valence electrons. The van der Waals surface area contributed by atoms with Crippen molar-refractivity contribution in [1.82, 2.24) is 19.7 Å². The zero-order chi connectivity index (χ0) is 21.7. The van der Waals surface area contributed by atoms with Crippen LogP contribution in [0.3, 0.4) is 0 Å². The topological polar surface area (TPSA) is 80.9 Å². The Balaban J connectivity index is 1.76. The summed E-state index contributed by atoms with van der Waals surface area (Å²) in [5, 5.41) is 15.2. The molecule has 31 heavy (non-hydrogen) atoms. The lowest BCUT2D eigenvalue weighted by molar-refractivity contribution is -0.136. The molecule has 2 aromatic carbocycles. The highest BCUT2D eigenvalue weighted by molar-refractivity contribution is 7.22. The minimum atomic E-state index is -0.867. The Morgan fingerprint density at radius 3 is 2.65 bits per heavy atom. The van der Waals surface area contributed by atoms with Gasteiger partial charge in [0.25, 0.3) is 0 Å². The van der Waals surface area contributed by atoms with E-state index in [1.807, 2.05) is 50.4 Å². The zero-order valence-electron chi connectivity index (χ0n) is 16.8. The van der Waals surface area contributed by atoms with Crippen molar-refractivity contribution in [3.8, 4) is 21.7 Å². The second-order valence-electron chi connectivity index (χ2n) is 7.39. The van der Waals surface area contributed by atoms with Gasteiger partial charge in [-0.2, -0.15) is 5.10 Å². The summed E-state index contributed by atoms with van der Waals surface area (Å²) >= 11 is 7.63. The molecular weight excluding hydrogens is 432 g/mol. The van der Waals surface area contributed by atoms with Crippen LogP contribution >= 0.6 is 22.9 Å². The van der Waals surface area contributed by atoms with E-state index in [1.165, 1.54) is 11.3 Å². The van der Waals surface area contributed by atoms with Crippen molar-refractivity contribution in [2.75, 3.05) is 0 Å². The van der Waals surface area contributed by atoms with Crippen molar-refractivity contribution >= 4 is 50.2 Å². The molecule has 0 atom stereocenters. The Hall–Kier alpha value is -3.29. The maximum atomic E-state index is 11.6. The number of rotatable bonds is 4. The van der Waals surface area contributed by atoms with Gasteiger partial charge in [0.2, 0.25) is 0 Å². The molecule has 3 heterocycles. The molecule has 0 spiro atoms. The fourth-order valence-corrected chi connectivity index (χ4v) is 5.05. The summed E-state index contributed by atoms with van der Waals surface area (Å²) in [4.78, 5) is 21.0. The predicted octanol–water partition coefficient (Wildman–Crippen LogP) is 5.50. The summed E-state index contributed by atoms with van der Waals surface area (Å²) in [5.74, 6) is -0.867. The minimum absolute atomic E-state index is 0.0600. The number of pyridine rings is 1. The van der Waals surface area contributed by atoms with Gasteiger partial charge in [-0.05, 0) is 47.9 Å². The second kappa shape index (κ2) is 7.44. The largest absolute Gasteiger partial charge is 0.481 e. The van der Waals surface area contributed by atoms with Crippen LogP contribution in [0.1, 0.15) is 11.1 Å². The van der Waals surface area contributed by atoms with Crippen LogP contribution in [0.2, 0.25) is 5.02 Å². The third-order valence-electron chi connectivity index (χ3n) is 5.32. The van der Waals surface area contributed by atoms with Crippen LogP contribution in [-0.4, -0.2) is 30.8 Å². The highest BCUT2D eigenvalue weighted by Gasteiger charge is 2.20. The summed E-state index contributed by atoms with van der Waals surface area (Å²) in [6, 6.07) is 11.5. The molecular formula is C23H17ClN4O2S. The molecule has 3 aromatic heterocycles. The number of benzene rings is 2. The highest BCUT2D eigenvalue weighted by Crippen LogP contribution is 2.41. The van der Waals surface area contributed by atoms with E-state index in [9.17, 15) is 9.90 Å². The maximum absolute atomic E-state index is 11.6. The number of thiazole rings is 1. The van der Waals surface area contributed by atoms with Crippen molar-refractivity contribution in [1.29, 1.82) is 0 Å². The minimum Gasteiger partial charge on any atom is -0.481 e. The van der Waals surface area contributed by atoms with Crippen molar-refractivity contribution < 1.29 is 9.90 Å². The summed E-state index contributed by atoms with van der Waals surface area (Å²) in [6.45, 7) is 1.93. The van der Waals surface area contributed by atoms with E-state index in [-0.39, 0.29) is 6.42 Å². The molecule has 0 saturated carbocycles. The zero-order valence-corrected chi connectivity index (χ0v) is 18.3. The Bertz CT molecular complexity index is 1470. The maximum Gasteiger partial charge on any atom is 0.307 e. The van der Waals surface area contributed by atoms with Crippen LogP contribution in [0.15, 0.2) is 48.8 Å². The summed E-state index contributed by atoms with van der Waals surface area (Å²) in [5.41, 5.74) is 7.00. The predicted molar refractivity (Wildman–Crippen MR) is 124 cm³/mol. The normalized spacial score (nSPS) is 11.5. The molecule has 0 unspecified atom stereocenters. The van der Waals surface area contributed by atoms with Crippen molar-refractivity contribution in [3.05, 3.63) is 64.9 Å². The van der Waals surface area contributed by atoms with Gasteiger partial charge in [0.05, 0.1) is 28.4 Å². The molecule has 0 radical (unpaired) electrons. The number of hydrogen-bond donors (Lipinski definition) is 1. The molecule has 0 aliphatic carbocycles. The summed E-state index contributed by atoms with van der Waals surface area (Å²) < 4.78 is 2.73. The van der Waals surface area contributed by atoms with E-state index in [2.05, 4.69) is 10.1 Å². The van der Waals surface area contributed by atoms with Crippen molar-refractivity contribution in [2.24, 2.45) is 7.05 Å². The lowest BCUT2D eigenvalue weighted by Crippen LogP contribution is -2.04. The fourth-order valence-electron chi connectivity index (χ4n) is 3.80. The van der Waals surface area contributed by atoms with Crippen LogP contribution in [0, 0.1) is 6.92 Å². The van der Waals surface area contributed by atoms with Crippen LogP contribution < -0.4 is 0 Å². The molecule has 0 bridgehead atoms. The van der Waals surface area contributed by atoms with E-state index in [4.69, 9.17) is 16.6 Å². The second-order valence-corrected chi connectivity index (χ2v) is 8.82. The number of halogens is 1. The number of carbonyl (C=O) groups is 1. The number of aryl methyl sites for hydroxylation is 2. The number of carboxylic acids is 1. The Kier molecular flexibility index (Phi) is 4.72. The lowest BCUT2D eigenvalue weighted by atomic mass is 9.93. The molecule has 0 amide bonds. The van der Waals surface area contributed by atoms with Crippen LogP contribution in [-0.2, 0) is 18.3 Å². The summed E-state index contributed by atoms with van der Waals surface area (Å²) in [6.07, 6.45) is 3.47. The molecule has 8 heteroatoms. The molecule has 1 N–H and O–H groups in total. The van der Waals surface area contributed by atoms with E-state index in [1.54, 1.807) is 17.1 Å². The standard InChI is InChI=1S/C23H17ClN4O2S/c1-12-7-17-22(21(16(12)9-20(29)30)13-3-5-15(24)6-4-13)31-23(27-17)14-8-19-18(25-10-14)11-26-28(19)2/h3-8,10-11H,9H2,1-2H3,(H,29,30).